The molecule has 33 heavy (non-hydrogen) atoms. The summed E-state index contributed by atoms with van der Waals surface area (Å²) in [5.74, 6) is -0.633. The van der Waals surface area contributed by atoms with Crippen LogP contribution in [0.1, 0.15) is 37.5 Å². The number of rotatable bonds is 10. The third-order valence-corrected chi connectivity index (χ3v) is 4.38. The summed E-state index contributed by atoms with van der Waals surface area (Å²) < 4.78 is 54.1. The number of carbonyl (C=O) groups excluding carboxylic acids is 1. The van der Waals surface area contributed by atoms with Crippen molar-refractivity contribution in [3.8, 4) is 5.75 Å². The average Bonchev–Trinajstić information content (AvgIpc) is 2.72. The van der Waals surface area contributed by atoms with Gasteiger partial charge in [0.15, 0.2) is 6.10 Å². The number of benzene rings is 2. The molecule has 2 aromatic rings. The second-order valence-electron chi connectivity index (χ2n) is 7.37. The van der Waals surface area contributed by atoms with Crippen molar-refractivity contribution in [1.29, 1.82) is 0 Å². The summed E-state index contributed by atoms with van der Waals surface area (Å²) in [6.07, 6.45) is -6.55. The average molecular weight is 469 g/mol. The molecule has 0 aromatic heterocycles. The molecule has 1 amide bonds. The van der Waals surface area contributed by atoms with Gasteiger partial charge in [-0.2, -0.15) is 13.2 Å². The van der Waals surface area contributed by atoms with Crippen molar-refractivity contribution in [2.45, 2.75) is 52.2 Å². The summed E-state index contributed by atoms with van der Waals surface area (Å²) in [6, 6.07) is 8.97. The molecule has 0 fully saturated rings. The van der Waals surface area contributed by atoms with Gasteiger partial charge in [0.2, 0.25) is 0 Å². The first-order chi connectivity index (χ1) is 15.5. The molecule has 2 N–H and O–H groups in total. The number of halogens is 3. The highest BCUT2D eigenvalue weighted by Gasteiger charge is 2.30. The smallest absolute Gasteiger partial charge is 0.416 e. The van der Waals surface area contributed by atoms with Crippen LogP contribution < -0.4 is 10.1 Å². The molecule has 180 valence electrons. The molecule has 0 heterocycles. The highest BCUT2D eigenvalue weighted by Crippen LogP contribution is 2.30. The van der Waals surface area contributed by atoms with Crippen LogP contribution in [0.25, 0.3) is 0 Å². The lowest BCUT2D eigenvalue weighted by Gasteiger charge is -2.18. The van der Waals surface area contributed by atoms with E-state index in [0.29, 0.717) is 23.5 Å². The fourth-order valence-corrected chi connectivity index (χ4v) is 2.94. The number of ether oxygens (including phenoxy) is 3. The standard InChI is InChI=1S/C23H26F3NO6/c1-4-31-19-10-5-15(12-20(21(28)29)33-14(2)3)11-16(19)13-32-22(30)27-18-8-6-17(7-9-18)23(24,25)26/h5-11,14,20H,4,12-13H2,1-3H3,(H,27,30)(H,28,29). The number of carboxylic acids is 1. The van der Waals surface area contributed by atoms with Crippen LogP contribution in [-0.2, 0) is 33.5 Å². The number of anilines is 1. The number of alkyl halides is 3. The van der Waals surface area contributed by atoms with Gasteiger partial charge in [-0.3, -0.25) is 5.32 Å². The molecular formula is C23H26F3NO6. The number of hydrogen-bond donors (Lipinski definition) is 2. The molecule has 10 heteroatoms. The molecule has 0 saturated carbocycles. The summed E-state index contributed by atoms with van der Waals surface area (Å²) in [5.41, 5.74) is 0.460. The predicted octanol–water partition coefficient (Wildman–Crippen LogP) is 5.27. The van der Waals surface area contributed by atoms with Crippen LogP contribution in [0.3, 0.4) is 0 Å². The Labute approximate surface area is 189 Å². The molecule has 0 aliphatic rings. The minimum atomic E-state index is -4.47. The van der Waals surface area contributed by atoms with E-state index in [-0.39, 0.29) is 24.8 Å². The lowest BCUT2D eigenvalue weighted by molar-refractivity contribution is -0.153. The van der Waals surface area contributed by atoms with Gasteiger partial charge in [0.25, 0.3) is 0 Å². The highest BCUT2D eigenvalue weighted by atomic mass is 19.4. The van der Waals surface area contributed by atoms with Gasteiger partial charge in [-0.05, 0) is 62.7 Å². The Kier molecular flexibility index (Phi) is 9.10. The SMILES string of the molecule is CCOc1ccc(CC(OC(C)C)C(=O)O)cc1COC(=O)Nc1ccc(C(F)(F)F)cc1. The summed E-state index contributed by atoms with van der Waals surface area (Å²) in [7, 11) is 0. The fourth-order valence-electron chi connectivity index (χ4n) is 2.94. The van der Waals surface area contributed by atoms with E-state index in [1.807, 2.05) is 0 Å². The summed E-state index contributed by atoms with van der Waals surface area (Å²) in [4.78, 5) is 23.6. The predicted molar refractivity (Wildman–Crippen MR) is 114 cm³/mol. The minimum Gasteiger partial charge on any atom is -0.493 e. The Morgan fingerprint density at radius 3 is 2.30 bits per heavy atom. The number of aliphatic carboxylic acids is 1. The van der Waals surface area contributed by atoms with Crippen LogP contribution in [0, 0.1) is 0 Å². The fraction of sp³-hybridized carbons (Fsp3) is 0.391. The third-order valence-electron chi connectivity index (χ3n) is 4.38. The van der Waals surface area contributed by atoms with E-state index in [1.165, 1.54) is 0 Å². The van der Waals surface area contributed by atoms with Gasteiger partial charge in [-0.15, -0.1) is 0 Å². The molecule has 2 rings (SSSR count). The lowest BCUT2D eigenvalue weighted by Crippen LogP contribution is -2.29. The van der Waals surface area contributed by atoms with Gasteiger partial charge in [0.05, 0.1) is 18.3 Å². The minimum absolute atomic E-state index is 0.102. The maximum atomic E-state index is 12.6. The zero-order valence-electron chi connectivity index (χ0n) is 18.4. The van der Waals surface area contributed by atoms with Crippen LogP contribution in [0.5, 0.6) is 5.75 Å². The second kappa shape index (κ2) is 11.6. The zero-order valence-corrected chi connectivity index (χ0v) is 18.4. The first-order valence-corrected chi connectivity index (χ1v) is 10.2. The van der Waals surface area contributed by atoms with E-state index >= 15 is 0 Å². The molecule has 1 atom stereocenters. The first kappa shape index (κ1) is 26.0. The van der Waals surface area contributed by atoms with Crippen LogP contribution >= 0.6 is 0 Å². The van der Waals surface area contributed by atoms with Gasteiger partial charge in [-0.1, -0.05) is 6.07 Å². The van der Waals surface area contributed by atoms with Crippen LogP contribution in [0.4, 0.5) is 23.7 Å². The summed E-state index contributed by atoms with van der Waals surface area (Å²) in [6.45, 7) is 5.43. The van der Waals surface area contributed by atoms with Crippen LogP contribution in [-0.4, -0.2) is 36.0 Å². The molecule has 2 aromatic carbocycles. The Balaban J connectivity index is 2.07. The van der Waals surface area contributed by atoms with Crippen LogP contribution in [0.2, 0.25) is 0 Å². The van der Waals surface area contributed by atoms with Gasteiger partial charge in [0.1, 0.15) is 12.4 Å². The quantitative estimate of drug-likeness (QED) is 0.492. The molecule has 1 unspecified atom stereocenters. The Bertz CT molecular complexity index is 944. The maximum absolute atomic E-state index is 12.6. The van der Waals surface area contributed by atoms with E-state index in [9.17, 15) is 27.9 Å². The van der Waals surface area contributed by atoms with E-state index in [2.05, 4.69) is 5.32 Å². The molecule has 0 spiro atoms. The molecule has 0 aliphatic heterocycles. The molecule has 0 aliphatic carbocycles. The van der Waals surface area contributed by atoms with E-state index < -0.39 is 29.9 Å². The van der Waals surface area contributed by atoms with Crippen molar-refractivity contribution in [2.24, 2.45) is 0 Å². The van der Waals surface area contributed by atoms with Crippen molar-refractivity contribution in [2.75, 3.05) is 11.9 Å². The first-order valence-electron chi connectivity index (χ1n) is 10.2. The Morgan fingerprint density at radius 2 is 1.76 bits per heavy atom. The topological polar surface area (TPSA) is 94.1 Å². The van der Waals surface area contributed by atoms with Gasteiger partial charge in [0, 0.05) is 17.7 Å². The van der Waals surface area contributed by atoms with Crippen molar-refractivity contribution in [1.82, 2.24) is 0 Å². The van der Waals surface area contributed by atoms with E-state index in [4.69, 9.17) is 14.2 Å². The molecule has 7 nitrogen and oxygen atoms in total. The van der Waals surface area contributed by atoms with Crippen molar-refractivity contribution >= 4 is 17.7 Å². The van der Waals surface area contributed by atoms with E-state index in [0.717, 1.165) is 24.3 Å². The monoisotopic (exact) mass is 469 g/mol. The number of carboxylic acid groups (broad SMARTS) is 1. The number of nitrogens with one attached hydrogen (secondary N) is 1. The van der Waals surface area contributed by atoms with E-state index in [1.54, 1.807) is 39.0 Å². The number of hydrogen-bond acceptors (Lipinski definition) is 5. The normalized spacial score (nSPS) is 12.3. The lowest BCUT2D eigenvalue weighted by atomic mass is 10.0. The van der Waals surface area contributed by atoms with Gasteiger partial charge >= 0.3 is 18.2 Å². The molecule has 0 radical (unpaired) electrons. The van der Waals surface area contributed by atoms with Crippen molar-refractivity contribution < 1.29 is 42.1 Å². The number of amides is 1. The van der Waals surface area contributed by atoms with Crippen molar-refractivity contribution in [3.05, 3.63) is 59.2 Å². The maximum Gasteiger partial charge on any atom is 0.416 e. The number of carbonyl (C=O) groups is 2. The summed E-state index contributed by atoms with van der Waals surface area (Å²) in [5, 5.41) is 11.7. The highest BCUT2D eigenvalue weighted by molar-refractivity contribution is 5.84. The second-order valence-corrected chi connectivity index (χ2v) is 7.37. The van der Waals surface area contributed by atoms with Gasteiger partial charge < -0.3 is 19.3 Å². The Morgan fingerprint density at radius 1 is 1.09 bits per heavy atom. The van der Waals surface area contributed by atoms with Crippen molar-refractivity contribution in [3.63, 3.8) is 0 Å². The Hall–Kier alpha value is -3.27. The van der Waals surface area contributed by atoms with Crippen LogP contribution in [0.15, 0.2) is 42.5 Å². The molecule has 0 saturated heterocycles. The van der Waals surface area contributed by atoms with Gasteiger partial charge in [-0.25, -0.2) is 9.59 Å². The zero-order chi connectivity index (χ0) is 24.6. The summed E-state index contributed by atoms with van der Waals surface area (Å²) >= 11 is 0. The molecular weight excluding hydrogens is 443 g/mol. The molecule has 0 bridgehead atoms. The third kappa shape index (κ3) is 8.30. The largest absolute Gasteiger partial charge is 0.493 e.